The third kappa shape index (κ3) is 18.3. The number of aryl methyl sites for hydroxylation is 1. The van der Waals surface area contributed by atoms with Crippen LogP contribution in [-0.2, 0) is 52.7 Å². The zero-order valence-electron chi connectivity index (χ0n) is 40.5. The molecule has 3 aliphatic rings. The van der Waals surface area contributed by atoms with E-state index in [0.717, 1.165) is 39.3 Å². The van der Waals surface area contributed by atoms with E-state index in [9.17, 15) is 36.7 Å². The predicted octanol–water partition coefficient (Wildman–Crippen LogP) is 9.67. The quantitative estimate of drug-likeness (QED) is 0.185. The number of fused-ring (bicyclic) bond motifs is 3. The molecular weight excluding hydrogens is 1030 g/mol. The lowest BCUT2D eigenvalue weighted by molar-refractivity contribution is 0.0247. The summed E-state index contributed by atoms with van der Waals surface area (Å²) in [6, 6.07) is 5.57. The first-order chi connectivity index (χ1) is 31.6. The number of nitrogens with zero attached hydrogens (tertiary/aromatic N) is 5. The summed E-state index contributed by atoms with van der Waals surface area (Å²) in [5, 5.41) is 0. The van der Waals surface area contributed by atoms with Gasteiger partial charge in [-0.15, -0.1) is 0 Å². The topological polar surface area (TPSA) is 166 Å². The molecule has 0 saturated carbocycles. The third-order valence-corrected chi connectivity index (χ3v) is 11.2. The zero-order valence-corrected chi connectivity index (χ0v) is 43.6. The highest BCUT2D eigenvalue weighted by molar-refractivity contribution is 9.10. The molecule has 68 heavy (non-hydrogen) atoms. The van der Waals surface area contributed by atoms with Crippen LogP contribution in [0.25, 0.3) is 0 Å². The van der Waals surface area contributed by atoms with E-state index in [1.807, 2.05) is 80.5 Å². The molecule has 1 N–H and O–H groups in total. The number of nitrogens with one attached hydrogen (secondary N) is 1. The van der Waals surface area contributed by atoms with E-state index in [1.54, 1.807) is 21.6 Å². The third-order valence-electron chi connectivity index (χ3n) is 10.1. The number of carbonyl (C=O) groups is 3. The van der Waals surface area contributed by atoms with Crippen LogP contribution in [0.3, 0.4) is 0 Å². The molecule has 21 heteroatoms. The summed E-state index contributed by atoms with van der Waals surface area (Å²) in [6.07, 6.45) is -2.41. The smallest absolute Gasteiger partial charge is 0.410 e. The molecule has 0 aromatic carbocycles. The van der Waals surface area contributed by atoms with Gasteiger partial charge in [0.1, 0.15) is 16.8 Å². The van der Waals surface area contributed by atoms with Gasteiger partial charge in [-0.1, -0.05) is 0 Å². The predicted molar refractivity (Wildman–Crippen MR) is 254 cm³/mol. The van der Waals surface area contributed by atoms with Crippen LogP contribution in [0.4, 0.5) is 31.9 Å². The molecule has 0 saturated heterocycles. The van der Waals surface area contributed by atoms with Crippen molar-refractivity contribution in [2.75, 3.05) is 52.5 Å². The molecule has 0 bridgehead atoms. The van der Waals surface area contributed by atoms with Gasteiger partial charge in [0.25, 0.3) is 18.4 Å². The first kappa shape index (κ1) is 55.9. The number of aromatic nitrogens is 3. The maximum Gasteiger partial charge on any atom is 0.410 e. The first-order valence-corrected chi connectivity index (χ1v) is 24.0. The van der Waals surface area contributed by atoms with Gasteiger partial charge in [-0.2, -0.15) is 0 Å². The van der Waals surface area contributed by atoms with Crippen LogP contribution in [0.5, 0.6) is 11.8 Å². The van der Waals surface area contributed by atoms with E-state index < -0.39 is 42.9 Å². The summed E-state index contributed by atoms with van der Waals surface area (Å²) in [5.41, 5.74) is 4.52. The Morgan fingerprint density at radius 2 is 0.956 bits per heavy atom. The molecule has 3 aliphatic heterocycles. The van der Waals surface area contributed by atoms with Crippen LogP contribution in [-0.4, -0.2) is 130 Å². The zero-order chi connectivity index (χ0) is 50.7. The highest BCUT2D eigenvalue weighted by Crippen LogP contribution is 2.29. The summed E-state index contributed by atoms with van der Waals surface area (Å²) in [5.74, 6) is 0.388. The molecule has 6 heterocycles. The van der Waals surface area contributed by atoms with Crippen LogP contribution in [0.1, 0.15) is 102 Å². The number of H-pyrrole nitrogens is 1. The monoisotopic (exact) mass is 1090 g/mol. The number of aromatic amines is 1. The van der Waals surface area contributed by atoms with Crippen molar-refractivity contribution in [2.24, 2.45) is 0 Å². The first-order valence-electron chi connectivity index (χ1n) is 22.4. The fraction of sp³-hybridized carbons (Fsp3) is 0.617. The van der Waals surface area contributed by atoms with Gasteiger partial charge in [0.05, 0.1) is 8.95 Å². The summed E-state index contributed by atoms with van der Waals surface area (Å²) in [6.45, 7) is 20.1. The lowest BCUT2D eigenvalue weighted by Gasteiger charge is -2.26. The van der Waals surface area contributed by atoms with E-state index in [1.165, 1.54) is 0 Å². The Bertz CT molecular complexity index is 2180. The molecule has 15 nitrogen and oxygen atoms in total. The van der Waals surface area contributed by atoms with Gasteiger partial charge in [0.15, 0.2) is 13.2 Å². The average molecular weight is 1090 g/mol. The molecule has 0 radical (unpaired) electrons. The van der Waals surface area contributed by atoms with Crippen molar-refractivity contribution in [3.05, 3.63) is 76.8 Å². The van der Waals surface area contributed by atoms with E-state index in [0.29, 0.717) is 86.7 Å². The van der Waals surface area contributed by atoms with Crippen LogP contribution < -0.4 is 15.0 Å². The molecule has 378 valence electrons. The van der Waals surface area contributed by atoms with E-state index in [-0.39, 0.29) is 35.6 Å². The van der Waals surface area contributed by atoms with Gasteiger partial charge in [0.2, 0.25) is 11.8 Å². The molecule has 0 fully saturated rings. The lowest BCUT2D eigenvalue weighted by atomic mass is 10.1. The number of alkyl halides is 4. The van der Waals surface area contributed by atoms with Crippen molar-refractivity contribution in [1.29, 1.82) is 0 Å². The van der Waals surface area contributed by atoms with Crippen molar-refractivity contribution in [3.63, 3.8) is 0 Å². The summed E-state index contributed by atoms with van der Waals surface area (Å²) in [4.78, 5) is 64.6. The molecule has 3 amide bonds. The normalized spacial score (nSPS) is 15.2. The molecule has 0 atom stereocenters. The minimum atomic E-state index is -2.56. The fourth-order valence-electron chi connectivity index (χ4n) is 7.02. The maximum absolute atomic E-state index is 12.3. The second-order valence-corrected chi connectivity index (χ2v) is 21.1. The van der Waals surface area contributed by atoms with Gasteiger partial charge in [0, 0.05) is 81.2 Å². The van der Waals surface area contributed by atoms with Gasteiger partial charge < -0.3 is 43.4 Å². The number of pyridine rings is 3. The molecule has 0 spiro atoms. The van der Waals surface area contributed by atoms with Crippen molar-refractivity contribution in [3.8, 4) is 11.8 Å². The minimum absolute atomic E-state index is 0.130. The standard InChI is InChI=1S/C17H24F2N2O3.C16H21BrF2N2O3.C14H19BrN2O3/c1-11-9-12-5-7-21(16(22)24-17(2,3)4)8-6-13(12)20-15(11)23-10-14(18)19;1-16(2,3)24-15(22)21-6-4-10-8-11(17)14(23-9-13(18)19)20-12(10)5-7-21;1-14(2,3)20-13(19)17-6-4-9-8-10(15)12(18)16-11(9)5-7-17/h9,14H,5-8,10H2,1-4H3;8,13H,4-7,9H2,1-3H3;8H,4-7H2,1-3H3,(H,16,18). The number of hydrogen-bond acceptors (Lipinski definition) is 11. The number of hydrogen-bond donors (Lipinski definition) is 1. The van der Waals surface area contributed by atoms with E-state index in [4.69, 9.17) is 23.7 Å². The van der Waals surface area contributed by atoms with Crippen LogP contribution in [0.2, 0.25) is 0 Å². The van der Waals surface area contributed by atoms with Crippen molar-refractivity contribution in [1.82, 2.24) is 29.7 Å². The molecule has 3 aromatic rings. The Morgan fingerprint density at radius 3 is 1.40 bits per heavy atom. The minimum Gasteiger partial charge on any atom is -0.471 e. The summed E-state index contributed by atoms with van der Waals surface area (Å²) in [7, 11) is 0. The largest absolute Gasteiger partial charge is 0.471 e. The molecule has 0 aliphatic carbocycles. The van der Waals surface area contributed by atoms with Crippen molar-refractivity contribution >= 4 is 50.1 Å². The number of halogens is 6. The Morgan fingerprint density at radius 1 is 0.588 bits per heavy atom. The lowest BCUT2D eigenvalue weighted by Crippen LogP contribution is -2.38. The van der Waals surface area contributed by atoms with Crippen LogP contribution in [0, 0.1) is 6.92 Å². The van der Waals surface area contributed by atoms with Crippen molar-refractivity contribution in [2.45, 2.75) is 137 Å². The van der Waals surface area contributed by atoms with Gasteiger partial charge in [-0.3, -0.25) is 4.79 Å². The van der Waals surface area contributed by atoms with Gasteiger partial charge in [-0.05, 0) is 155 Å². The maximum atomic E-state index is 12.3. The van der Waals surface area contributed by atoms with Gasteiger partial charge >= 0.3 is 18.3 Å². The van der Waals surface area contributed by atoms with Crippen LogP contribution >= 0.6 is 31.9 Å². The molecular formula is C47H64Br2F4N6O9. The van der Waals surface area contributed by atoms with Crippen molar-refractivity contribution < 1.29 is 55.6 Å². The number of rotatable bonds is 6. The van der Waals surface area contributed by atoms with E-state index in [2.05, 4.69) is 46.8 Å². The Kier molecular flexibility index (Phi) is 20.0. The second kappa shape index (κ2) is 24.3. The highest BCUT2D eigenvalue weighted by Gasteiger charge is 2.28. The Hall–Kier alpha value is -4.66. The van der Waals surface area contributed by atoms with E-state index >= 15 is 0 Å². The highest BCUT2D eigenvalue weighted by atomic mass is 79.9. The number of carbonyl (C=O) groups excluding carboxylic acids is 3. The Balaban J connectivity index is 0.000000223. The SMILES string of the molecule is CC(C)(C)OC(=O)N1CCc2cc(Br)c(=O)[nH]c2CC1.CC(C)(C)OC(=O)N1CCc2cc(Br)c(OCC(F)F)nc2CC1.Cc1cc2c(nc1OCC(F)F)CCN(C(=O)OC(C)(C)C)CC2. The Labute approximate surface area is 412 Å². The molecule has 6 rings (SSSR count). The van der Waals surface area contributed by atoms with Crippen LogP contribution in [0.15, 0.2) is 31.9 Å². The number of ether oxygens (including phenoxy) is 5. The average Bonchev–Trinajstić information content (AvgIpc) is 3.64. The summed E-state index contributed by atoms with van der Waals surface area (Å²) >= 11 is 6.53. The summed E-state index contributed by atoms with van der Waals surface area (Å²) < 4.78 is 76.6. The van der Waals surface area contributed by atoms with Gasteiger partial charge in [-0.25, -0.2) is 41.9 Å². The molecule has 0 unspecified atom stereocenters. The number of amides is 3. The molecule has 3 aromatic heterocycles. The fourth-order valence-corrected chi connectivity index (χ4v) is 7.87. The second-order valence-electron chi connectivity index (χ2n) is 19.4.